The number of aryl methyl sites for hydroxylation is 3. The Bertz CT molecular complexity index is 1010. The molecule has 0 saturated carbocycles. The zero-order chi connectivity index (χ0) is 22.2. The van der Waals surface area contributed by atoms with Crippen LogP contribution >= 0.6 is 0 Å². The molecular formula is C25H31N5O. The Morgan fingerprint density at radius 3 is 2.32 bits per heavy atom. The Morgan fingerprint density at radius 1 is 0.935 bits per heavy atom. The van der Waals surface area contributed by atoms with Crippen molar-refractivity contribution in [1.82, 2.24) is 9.97 Å². The van der Waals surface area contributed by atoms with Crippen LogP contribution in [0.15, 0.2) is 54.6 Å². The molecular weight excluding hydrogens is 386 g/mol. The molecule has 3 rings (SSSR count). The van der Waals surface area contributed by atoms with Crippen molar-refractivity contribution in [3.05, 3.63) is 71.4 Å². The first kappa shape index (κ1) is 22.3. The lowest BCUT2D eigenvalue weighted by Gasteiger charge is -2.20. The van der Waals surface area contributed by atoms with Crippen molar-refractivity contribution in [2.24, 2.45) is 0 Å². The molecule has 1 amide bonds. The van der Waals surface area contributed by atoms with Crippen LogP contribution in [-0.4, -0.2) is 29.0 Å². The molecule has 0 unspecified atom stereocenters. The van der Waals surface area contributed by atoms with Gasteiger partial charge in [-0.05, 0) is 63.9 Å². The molecule has 6 heteroatoms. The van der Waals surface area contributed by atoms with Gasteiger partial charge in [0, 0.05) is 42.6 Å². The number of nitrogens with zero attached hydrogens (tertiary/aromatic N) is 3. The Balaban J connectivity index is 1.58. The van der Waals surface area contributed by atoms with Crippen molar-refractivity contribution in [2.45, 2.75) is 40.5 Å². The minimum atomic E-state index is 0.00750. The van der Waals surface area contributed by atoms with Gasteiger partial charge < -0.3 is 15.5 Å². The van der Waals surface area contributed by atoms with Gasteiger partial charge in [0.25, 0.3) is 0 Å². The number of rotatable bonds is 9. The minimum absolute atomic E-state index is 0.00750. The summed E-state index contributed by atoms with van der Waals surface area (Å²) >= 11 is 0. The Hall–Kier alpha value is -3.41. The van der Waals surface area contributed by atoms with Gasteiger partial charge in [0.1, 0.15) is 5.82 Å². The molecule has 31 heavy (non-hydrogen) atoms. The van der Waals surface area contributed by atoms with E-state index in [-0.39, 0.29) is 5.91 Å². The quantitative estimate of drug-likeness (QED) is 0.497. The second-order valence-corrected chi connectivity index (χ2v) is 7.60. The van der Waals surface area contributed by atoms with Gasteiger partial charge in [0.05, 0.1) is 0 Å². The lowest BCUT2D eigenvalue weighted by atomic mass is 10.1. The summed E-state index contributed by atoms with van der Waals surface area (Å²) in [7, 11) is 0. The Morgan fingerprint density at radius 2 is 1.65 bits per heavy atom. The first-order valence-corrected chi connectivity index (χ1v) is 10.8. The monoisotopic (exact) mass is 417 g/mol. The van der Waals surface area contributed by atoms with Crippen molar-refractivity contribution in [1.29, 1.82) is 0 Å². The highest BCUT2D eigenvalue weighted by molar-refractivity contribution is 5.91. The van der Waals surface area contributed by atoms with Crippen molar-refractivity contribution < 1.29 is 4.79 Å². The number of hydrogen-bond acceptors (Lipinski definition) is 5. The average Bonchev–Trinajstić information content (AvgIpc) is 2.74. The lowest BCUT2D eigenvalue weighted by Crippen LogP contribution is -2.23. The average molecular weight is 418 g/mol. The van der Waals surface area contributed by atoms with Gasteiger partial charge >= 0.3 is 0 Å². The maximum Gasteiger partial charge on any atom is 0.229 e. The van der Waals surface area contributed by atoms with E-state index in [0.29, 0.717) is 12.4 Å². The fourth-order valence-electron chi connectivity index (χ4n) is 3.43. The topological polar surface area (TPSA) is 70.2 Å². The van der Waals surface area contributed by atoms with Crippen molar-refractivity contribution in [2.75, 3.05) is 28.6 Å². The number of carbonyl (C=O) groups excluding carboxylic acids is 1. The lowest BCUT2D eigenvalue weighted by molar-refractivity contribution is -0.116. The van der Waals surface area contributed by atoms with Crippen LogP contribution in [0.1, 0.15) is 37.1 Å². The van der Waals surface area contributed by atoms with E-state index >= 15 is 0 Å². The third-order valence-corrected chi connectivity index (χ3v) is 5.08. The number of amides is 1. The second-order valence-electron chi connectivity index (χ2n) is 7.60. The van der Waals surface area contributed by atoms with Crippen molar-refractivity contribution in [3.8, 4) is 0 Å². The van der Waals surface area contributed by atoms with Crippen LogP contribution in [0, 0.1) is 13.8 Å². The predicted octanol–water partition coefficient (Wildman–Crippen LogP) is 5.25. The molecule has 0 radical (unpaired) electrons. The number of carbonyl (C=O) groups is 1. The number of benzene rings is 2. The summed E-state index contributed by atoms with van der Waals surface area (Å²) in [6, 6.07) is 17.8. The molecule has 6 nitrogen and oxygen atoms in total. The van der Waals surface area contributed by atoms with Crippen molar-refractivity contribution >= 4 is 29.0 Å². The zero-order valence-corrected chi connectivity index (χ0v) is 18.8. The highest BCUT2D eigenvalue weighted by atomic mass is 16.1. The van der Waals surface area contributed by atoms with Crippen LogP contribution in [0.2, 0.25) is 0 Å². The molecule has 0 fully saturated rings. The van der Waals surface area contributed by atoms with Gasteiger partial charge in [-0.3, -0.25) is 4.79 Å². The predicted molar refractivity (Wildman–Crippen MR) is 128 cm³/mol. The first-order chi connectivity index (χ1) is 15.0. The van der Waals surface area contributed by atoms with E-state index in [1.54, 1.807) is 0 Å². The summed E-state index contributed by atoms with van der Waals surface area (Å²) in [5.74, 6) is 1.49. The third kappa shape index (κ3) is 6.54. The number of aromatic nitrogens is 2. The normalized spacial score (nSPS) is 10.6. The van der Waals surface area contributed by atoms with E-state index in [2.05, 4.69) is 64.5 Å². The summed E-state index contributed by atoms with van der Waals surface area (Å²) in [6.45, 7) is 10.0. The third-order valence-electron chi connectivity index (χ3n) is 5.08. The summed E-state index contributed by atoms with van der Waals surface area (Å²) in [4.78, 5) is 23.6. The van der Waals surface area contributed by atoms with Crippen molar-refractivity contribution in [3.63, 3.8) is 0 Å². The number of anilines is 4. The molecule has 2 aromatic carbocycles. The van der Waals surface area contributed by atoms with Gasteiger partial charge in [-0.2, -0.15) is 4.98 Å². The highest BCUT2D eigenvalue weighted by Crippen LogP contribution is 2.20. The van der Waals surface area contributed by atoms with E-state index in [1.807, 2.05) is 43.3 Å². The van der Waals surface area contributed by atoms with E-state index in [0.717, 1.165) is 42.4 Å². The van der Waals surface area contributed by atoms with Crippen LogP contribution in [0.5, 0.6) is 0 Å². The second kappa shape index (κ2) is 10.6. The van der Waals surface area contributed by atoms with Gasteiger partial charge in [0.2, 0.25) is 11.9 Å². The van der Waals surface area contributed by atoms with Crippen LogP contribution in [0.25, 0.3) is 0 Å². The van der Waals surface area contributed by atoms with E-state index in [4.69, 9.17) is 0 Å². The maximum atomic E-state index is 12.3. The molecule has 0 spiro atoms. The van der Waals surface area contributed by atoms with Gasteiger partial charge in [-0.15, -0.1) is 0 Å². The molecule has 0 aliphatic carbocycles. The summed E-state index contributed by atoms with van der Waals surface area (Å²) in [5.41, 5.74) is 4.94. The van der Waals surface area contributed by atoms with E-state index in [9.17, 15) is 4.79 Å². The molecule has 1 aromatic heterocycles. The summed E-state index contributed by atoms with van der Waals surface area (Å²) in [6.07, 6.45) is 1.18. The minimum Gasteiger partial charge on any atom is -0.357 e. The maximum absolute atomic E-state index is 12.3. The van der Waals surface area contributed by atoms with Crippen LogP contribution in [0.4, 0.5) is 23.1 Å². The molecule has 0 bridgehead atoms. The molecule has 0 aliphatic rings. The molecule has 2 N–H and O–H groups in total. The van der Waals surface area contributed by atoms with Gasteiger partial charge in [-0.25, -0.2) is 4.98 Å². The molecule has 162 valence electrons. The summed E-state index contributed by atoms with van der Waals surface area (Å²) in [5, 5.41) is 6.22. The van der Waals surface area contributed by atoms with Gasteiger partial charge in [0.15, 0.2) is 0 Å². The molecule has 3 aromatic rings. The Kier molecular flexibility index (Phi) is 7.60. The SMILES string of the molecule is CCN(CC)c1cc(C)nc(Nc2ccc(NC(=O)CCc3cccc(C)c3)cc2)n1. The van der Waals surface area contributed by atoms with Crippen LogP contribution in [0.3, 0.4) is 0 Å². The van der Waals surface area contributed by atoms with Gasteiger partial charge in [-0.1, -0.05) is 29.8 Å². The molecule has 0 saturated heterocycles. The first-order valence-electron chi connectivity index (χ1n) is 10.8. The molecule has 1 heterocycles. The fraction of sp³-hybridized carbons (Fsp3) is 0.320. The Labute approximate surface area is 184 Å². The van der Waals surface area contributed by atoms with E-state index in [1.165, 1.54) is 11.1 Å². The number of nitrogens with one attached hydrogen (secondary N) is 2. The van der Waals surface area contributed by atoms with Crippen LogP contribution in [-0.2, 0) is 11.2 Å². The smallest absolute Gasteiger partial charge is 0.229 e. The fourth-order valence-corrected chi connectivity index (χ4v) is 3.43. The molecule has 0 aliphatic heterocycles. The highest BCUT2D eigenvalue weighted by Gasteiger charge is 2.08. The zero-order valence-electron chi connectivity index (χ0n) is 18.8. The van der Waals surface area contributed by atoms with E-state index < -0.39 is 0 Å². The molecule has 0 atom stereocenters. The number of hydrogen-bond donors (Lipinski definition) is 2. The van der Waals surface area contributed by atoms with Crippen LogP contribution < -0.4 is 15.5 Å². The largest absolute Gasteiger partial charge is 0.357 e. The standard InChI is InChI=1S/C25H31N5O/c1-5-30(6-2)23-17-19(4)26-25(29-23)28-22-13-11-21(12-14-22)27-24(31)15-10-20-9-7-8-18(3)16-20/h7-9,11-14,16-17H,5-6,10,15H2,1-4H3,(H,27,31)(H,26,28,29). The summed E-state index contributed by atoms with van der Waals surface area (Å²) < 4.78 is 0.